The molecule has 0 saturated carbocycles. The van der Waals surface area contributed by atoms with Gasteiger partial charge < -0.3 is 14.3 Å². The average molecular weight is 387 g/mol. The van der Waals surface area contributed by atoms with E-state index in [0.717, 1.165) is 0 Å². The van der Waals surface area contributed by atoms with E-state index < -0.39 is 57.9 Å². The van der Waals surface area contributed by atoms with E-state index in [0.29, 0.717) is 0 Å². The van der Waals surface area contributed by atoms with Crippen molar-refractivity contribution in [3.05, 3.63) is 11.1 Å². The molecule has 10 heteroatoms. The summed E-state index contributed by atoms with van der Waals surface area (Å²) in [5.74, 6) is -3.50. The summed E-state index contributed by atoms with van der Waals surface area (Å²) < 4.78 is 44.2. The topological polar surface area (TPSA) is 83.8 Å². The minimum absolute atomic E-state index is 0.194. The fraction of sp³-hybridized carbons (Fsp3) is 0.714. The van der Waals surface area contributed by atoms with Crippen LogP contribution in [0, 0.1) is 0 Å². The van der Waals surface area contributed by atoms with Gasteiger partial charge in [0.2, 0.25) is 0 Å². The van der Waals surface area contributed by atoms with Crippen LogP contribution in [0.25, 0.3) is 0 Å². The lowest BCUT2D eigenvalue weighted by Gasteiger charge is -2.38. The van der Waals surface area contributed by atoms with Crippen LogP contribution in [-0.2, 0) is 13.7 Å². The average Bonchev–Trinajstić information content (AvgIpc) is 2.27. The molecule has 0 aliphatic heterocycles. The predicted octanol–water partition coefficient (Wildman–Crippen LogP) is 4.24. The lowest BCUT2D eigenvalue weighted by atomic mass is 10.00. The maximum absolute atomic E-state index is 12.7. The summed E-state index contributed by atoms with van der Waals surface area (Å²) in [5, 5.41) is 18.6. The first-order valence-corrected chi connectivity index (χ1v) is 13.9. The van der Waals surface area contributed by atoms with Crippen molar-refractivity contribution in [1.29, 1.82) is 0 Å². The van der Waals surface area contributed by atoms with Gasteiger partial charge in [0.25, 0.3) is 0 Å². The van der Waals surface area contributed by atoms with Crippen LogP contribution in [0.15, 0.2) is 11.1 Å². The van der Waals surface area contributed by atoms with Crippen LogP contribution >= 0.6 is 0 Å². The van der Waals surface area contributed by atoms with Crippen LogP contribution in [0.1, 0.15) is 19.8 Å². The highest BCUT2D eigenvalue weighted by molar-refractivity contribution is 6.85. The summed E-state index contributed by atoms with van der Waals surface area (Å²) in [7, 11) is -4.87. The first-order chi connectivity index (χ1) is 10.5. The normalized spacial score (nSPS) is 15.7. The number of carboxylic acid groups (broad SMARTS) is 2. The van der Waals surface area contributed by atoms with Crippen LogP contribution in [0.4, 0.5) is 13.2 Å². The Balaban J connectivity index is 6.28. The lowest BCUT2D eigenvalue weighted by Crippen LogP contribution is -2.47. The second-order valence-electron chi connectivity index (χ2n) is 7.07. The quantitative estimate of drug-likeness (QED) is 0.481. The Bertz CT molecular complexity index is 521. The van der Waals surface area contributed by atoms with Gasteiger partial charge >= 0.3 is 18.1 Å². The fourth-order valence-electron chi connectivity index (χ4n) is 2.88. The summed E-state index contributed by atoms with van der Waals surface area (Å²) in [4.78, 5) is 23.0. The number of alkyl halides is 3. The van der Waals surface area contributed by atoms with E-state index in [1.165, 1.54) is 0 Å². The molecule has 0 aliphatic carbocycles. The third kappa shape index (κ3) is 7.18. The van der Waals surface area contributed by atoms with Crippen molar-refractivity contribution in [2.24, 2.45) is 0 Å². The molecular formula is C14H25F3O5Si2. The van der Waals surface area contributed by atoms with Crippen molar-refractivity contribution in [2.75, 3.05) is 0 Å². The van der Waals surface area contributed by atoms with Crippen LogP contribution in [0.5, 0.6) is 0 Å². The first-order valence-electron chi connectivity index (χ1n) is 7.48. The summed E-state index contributed by atoms with van der Waals surface area (Å²) in [6, 6.07) is 0. The minimum Gasteiger partial charge on any atom is -0.478 e. The van der Waals surface area contributed by atoms with Crippen LogP contribution < -0.4 is 0 Å². The van der Waals surface area contributed by atoms with Gasteiger partial charge in [-0.15, -0.1) is 0 Å². The van der Waals surface area contributed by atoms with E-state index in [1.54, 1.807) is 20.0 Å². The highest BCUT2D eigenvalue weighted by atomic mass is 28.4. The van der Waals surface area contributed by atoms with Gasteiger partial charge in [0.15, 0.2) is 16.6 Å². The van der Waals surface area contributed by atoms with Crippen molar-refractivity contribution in [3.8, 4) is 0 Å². The monoisotopic (exact) mass is 386 g/mol. The molecule has 0 rings (SSSR count). The Morgan fingerprint density at radius 2 is 1.50 bits per heavy atom. The van der Waals surface area contributed by atoms with Gasteiger partial charge in [-0.1, -0.05) is 6.92 Å². The highest BCUT2D eigenvalue weighted by Gasteiger charge is 2.44. The molecule has 0 aromatic rings. The third-order valence-electron chi connectivity index (χ3n) is 3.36. The zero-order chi connectivity index (χ0) is 19.5. The van der Waals surface area contributed by atoms with Gasteiger partial charge in [-0.3, -0.25) is 0 Å². The number of carbonyl (C=O) groups is 2. The lowest BCUT2D eigenvalue weighted by molar-refractivity contribution is -0.144. The Hall–Kier alpha value is -1.14. The molecule has 0 fully saturated rings. The molecule has 0 aromatic carbocycles. The van der Waals surface area contributed by atoms with E-state index in [9.17, 15) is 27.9 Å². The van der Waals surface area contributed by atoms with Crippen molar-refractivity contribution in [1.82, 2.24) is 0 Å². The number of aliphatic carboxylic acids is 2. The molecule has 0 aliphatic rings. The SMILES string of the molecule is CCC(C(C(=O)O)=C(CC(F)(F)F)C(=O)O)[Si](C)(C)O[Si](C)(C)C. The largest absolute Gasteiger partial charge is 0.478 e. The Morgan fingerprint density at radius 3 is 1.75 bits per heavy atom. The Kier molecular flexibility index (Phi) is 7.46. The summed E-state index contributed by atoms with van der Waals surface area (Å²) in [5.41, 5.74) is -2.64. The molecule has 0 spiro atoms. The van der Waals surface area contributed by atoms with E-state index in [1.807, 2.05) is 19.6 Å². The molecule has 0 heterocycles. The molecule has 5 nitrogen and oxygen atoms in total. The van der Waals surface area contributed by atoms with Gasteiger partial charge in [0.1, 0.15) is 0 Å². The van der Waals surface area contributed by atoms with Crippen LogP contribution in [0.3, 0.4) is 0 Å². The van der Waals surface area contributed by atoms with E-state index >= 15 is 0 Å². The molecule has 140 valence electrons. The standard InChI is InChI=1S/C14H25F3O5Si2/c1-7-10(24(5,6)22-23(2,3)4)11(13(20)21)9(12(18)19)8-14(15,16)17/h10H,7-8H2,1-6H3,(H,18,19)(H,20,21). The van der Waals surface area contributed by atoms with Gasteiger partial charge in [-0.25, -0.2) is 9.59 Å². The predicted molar refractivity (Wildman–Crippen MR) is 88.9 cm³/mol. The molecule has 0 amide bonds. The van der Waals surface area contributed by atoms with Gasteiger partial charge in [0.05, 0.1) is 17.6 Å². The zero-order valence-corrected chi connectivity index (χ0v) is 16.7. The molecule has 2 N–H and O–H groups in total. The molecule has 0 saturated heterocycles. The molecule has 0 radical (unpaired) electrons. The van der Waals surface area contributed by atoms with Crippen LogP contribution in [0.2, 0.25) is 38.3 Å². The van der Waals surface area contributed by atoms with E-state index in [-0.39, 0.29) is 6.42 Å². The maximum Gasteiger partial charge on any atom is 0.393 e. The smallest absolute Gasteiger partial charge is 0.393 e. The number of carboxylic acids is 2. The van der Waals surface area contributed by atoms with E-state index in [4.69, 9.17) is 9.22 Å². The molecule has 1 atom stereocenters. The summed E-state index contributed by atoms with van der Waals surface area (Å²) >= 11 is 0. The Morgan fingerprint density at radius 1 is 1.04 bits per heavy atom. The molecule has 1 unspecified atom stereocenters. The van der Waals surface area contributed by atoms with Crippen molar-refractivity contribution >= 4 is 28.6 Å². The van der Waals surface area contributed by atoms with Gasteiger partial charge in [0, 0.05) is 5.54 Å². The summed E-state index contributed by atoms with van der Waals surface area (Å²) in [6.07, 6.45) is -6.39. The van der Waals surface area contributed by atoms with Crippen LogP contribution in [-0.4, -0.2) is 45.0 Å². The highest BCUT2D eigenvalue weighted by Crippen LogP contribution is 2.39. The number of hydrogen-bond donors (Lipinski definition) is 2. The Labute approximate surface area is 141 Å². The zero-order valence-electron chi connectivity index (χ0n) is 14.7. The van der Waals surface area contributed by atoms with Crippen molar-refractivity contribution in [3.63, 3.8) is 0 Å². The second-order valence-corrected chi connectivity index (χ2v) is 16.0. The molecule has 24 heavy (non-hydrogen) atoms. The summed E-state index contributed by atoms with van der Waals surface area (Å²) in [6.45, 7) is 10.7. The maximum atomic E-state index is 12.7. The number of halogens is 3. The van der Waals surface area contributed by atoms with Crippen molar-refractivity contribution < 1.29 is 37.1 Å². The molecular weight excluding hydrogens is 361 g/mol. The van der Waals surface area contributed by atoms with Gasteiger partial charge in [-0.2, -0.15) is 13.2 Å². The van der Waals surface area contributed by atoms with E-state index in [2.05, 4.69) is 0 Å². The first kappa shape index (κ1) is 22.9. The molecule has 0 aromatic heterocycles. The number of rotatable bonds is 8. The van der Waals surface area contributed by atoms with Gasteiger partial charge in [-0.05, 0) is 39.2 Å². The minimum atomic E-state index is -4.81. The second kappa shape index (κ2) is 7.83. The molecule has 0 bridgehead atoms. The third-order valence-corrected chi connectivity index (χ3v) is 10.3. The number of hydrogen-bond acceptors (Lipinski definition) is 3. The fourth-order valence-corrected chi connectivity index (χ4v) is 11.7. The van der Waals surface area contributed by atoms with Crippen molar-refractivity contribution in [2.45, 2.75) is 64.2 Å².